The first kappa shape index (κ1) is 11.1. The van der Waals surface area contributed by atoms with Crippen LogP contribution in [0.2, 0.25) is 0 Å². The van der Waals surface area contributed by atoms with Crippen molar-refractivity contribution in [1.82, 2.24) is 10.3 Å². The summed E-state index contributed by atoms with van der Waals surface area (Å²) in [5.74, 6) is -0.554. The van der Waals surface area contributed by atoms with E-state index in [0.717, 1.165) is 0 Å². The molecular formula is C8H11FN2O2S. The maximum atomic E-state index is 12.5. The van der Waals surface area contributed by atoms with Gasteiger partial charge in [-0.25, -0.2) is 18.2 Å². The Morgan fingerprint density at radius 3 is 2.36 bits per heavy atom. The molecule has 78 valence electrons. The third kappa shape index (κ3) is 3.41. The van der Waals surface area contributed by atoms with E-state index in [0.29, 0.717) is 5.56 Å². The lowest BCUT2D eigenvalue weighted by Gasteiger charge is -2.04. The van der Waals surface area contributed by atoms with Crippen molar-refractivity contribution < 1.29 is 12.8 Å². The third-order valence-corrected chi connectivity index (χ3v) is 2.76. The molecule has 0 radical (unpaired) electrons. The minimum atomic E-state index is -3.38. The molecule has 0 heterocycles. The quantitative estimate of drug-likeness (QED) is 0.718. The van der Waals surface area contributed by atoms with Crippen LogP contribution in [0.1, 0.15) is 5.56 Å². The number of hydrogen-bond acceptors (Lipinski definition) is 3. The zero-order valence-corrected chi connectivity index (χ0v) is 8.44. The van der Waals surface area contributed by atoms with Crippen molar-refractivity contribution in [3.05, 3.63) is 35.6 Å². The minimum Gasteiger partial charge on any atom is -0.247 e. The van der Waals surface area contributed by atoms with E-state index in [1.54, 1.807) is 0 Å². The highest BCUT2D eigenvalue weighted by Crippen LogP contribution is 2.05. The number of rotatable bonds is 4. The average molecular weight is 218 g/mol. The van der Waals surface area contributed by atoms with Crippen LogP contribution >= 0.6 is 0 Å². The van der Waals surface area contributed by atoms with Gasteiger partial charge < -0.3 is 0 Å². The largest absolute Gasteiger partial charge is 0.247 e. The summed E-state index contributed by atoms with van der Waals surface area (Å²) < 4.78 is 34.9. The number of benzene rings is 1. The van der Waals surface area contributed by atoms with Crippen LogP contribution in [-0.4, -0.2) is 15.5 Å². The van der Waals surface area contributed by atoms with Gasteiger partial charge in [-0.15, -0.1) is 0 Å². The topological polar surface area (TPSA) is 58.2 Å². The Morgan fingerprint density at radius 2 is 1.86 bits per heavy atom. The lowest BCUT2D eigenvalue weighted by atomic mass is 10.2. The summed E-state index contributed by atoms with van der Waals surface area (Å²) in [6.45, 7) is 0. The van der Waals surface area contributed by atoms with Gasteiger partial charge in [-0.2, -0.15) is 4.83 Å². The van der Waals surface area contributed by atoms with Crippen molar-refractivity contribution in [2.24, 2.45) is 0 Å². The first-order valence-electron chi connectivity index (χ1n) is 3.94. The summed E-state index contributed by atoms with van der Waals surface area (Å²) in [4.78, 5) is 2.11. The number of hydrogen-bond donors (Lipinski definition) is 2. The Labute approximate surface area is 82.2 Å². The Bertz CT molecular complexity index is 388. The molecule has 1 aromatic rings. The first-order chi connectivity index (χ1) is 6.53. The molecule has 0 aliphatic rings. The van der Waals surface area contributed by atoms with Gasteiger partial charge in [-0.3, -0.25) is 0 Å². The fourth-order valence-electron chi connectivity index (χ4n) is 0.992. The van der Waals surface area contributed by atoms with Crippen molar-refractivity contribution in [1.29, 1.82) is 0 Å². The van der Waals surface area contributed by atoms with Crippen molar-refractivity contribution in [2.45, 2.75) is 5.75 Å². The van der Waals surface area contributed by atoms with E-state index in [9.17, 15) is 12.8 Å². The molecule has 0 saturated heterocycles. The monoisotopic (exact) mass is 218 g/mol. The fourth-order valence-corrected chi connectivity index (χ4v) is 2.01. The molecule has 1 rings (SSSR count). The highest BCUT2D eigenvalue weighted by Gasteiger charge is 2.09. The Balaban J connectivity index is 2.74. The maximum absolute atomic E-state index is 12.5. The van der Waals surface area contributed by atoms with E-state index in [1.165, 1.54) is 31.3 Å². The molecule has 0 unspecified atom stereocenters. The zero-order chi connectivity index (χ0) is 10.6. The Morgan fingerprint density at radius 1 is 1.29 bits per heavy atom. The van der Waals surface area contributed by atoms with Gasteiger partial charge >= 0.3 is 0 Å². The van der Waals surface area contributed by atoms with Gasteiger partial charge in [0.25, 0.3) is 0 Å². The molecular weight excluding hydrogens is 207 g/mol. The molecule has 6 heteroatoms. The van der Waals surface area contributed by atoms with Crippen molar-refractivity contribution in [3.63, 3.8) is 0 Å². The van der Waals surface area contributed by atoms with Gasteiger partial charge in [-0.1, -0.05) is 12.1 Å². The van der Waals surface area contributed by atoms with Gasteiger partial charge in [-0.05, 0) is 24.7 Å². The van der Waals surface area contributed by atoms with Crippen LogP contribution < -0.4 is 10.3 Å². The fraction of sp³-hybridized carbons (Fsp3) is 0.250. The molecule has 2 N–H and O–H groups in total. The van der Waals surface area contributed by atoms with Crippen LogP contribution in [0.3, 0.4) is 0 Å². The summed E-state index contributed by atoms with van der Waals surface area (Å²) >= 11 is 0. The summed E-state index contributed by atoms with van der Waals surface area (Å²) in [5.41, 5.74) is 2.86. The van der Waals surface area contributed by atoms with Crippen molar-refractivity contribution >= 4 is 10.0 Å². The summed E-state index contributed by atoms with van der Waals surface area (Å²) in [6.07, 6.45) is 0. The second kappa shape index (κ2) is 4.50. The third-order valence-electron chi connectivity index (χ3n) is 1.53. The van der Waals surface area contributed by atoms with Crippen LogP contribution in [0.25, 0.3) is 0 Å². The van der Waals surface area contributed by atoms with Gasteiger partial charge in [0.2, 0.25) is 10.0 Å². The summed E-state index contributed by atoms with van der Waals surface area (Å²) in [7, 11) is -1.92. The smallest absolute Gasteiger partial charge is 0.228 e. The minimum absolute atomic E-state index is 0.173. The zero-order valence-electron chi connectivity index (χ0n) is 7.62. The van der Waals surface area contributed by atoms with E-state index in [4.69, 9.17) is 0 Å². The number of halogens is 1. The van der Waals surface area contributed by atoms with Gasteiger partial charge in [0.1, 0.15) is 5.82 Å². The molecule has 0 amide bonds. The molecule has 0 fully saturated rings. The molecule has 1 aromatic carbocycles. The molecule has 0 spiro atoms. The normalized spacial score (nSPS) is 11.6. The number of sulfonamides is 1. The standard InChI is InChI=1S/C8H11FN2O2S/c1-10-11-14(12,13)6-7-2-4-8(9)5-3-7/h2-5,10-11H,6H2,1H3. The Hall–Kier alpha value is -0.980. The summed E-state index contributed by atoms with van der Waals surface area (Å²) in [5, 5.41) is 0. The lowest BCUT2D eigenvalue weighted by molar-refractivity contribution is 0.569. The molecule has 0 bridgehead atoms. The molecule has 0 aliphatic carbocycles. The van der Waals surface area contributed by atoms with Crippen molar-refractivity contribution in [2.75, 3.05) is 7.05 Å². The van der Waals surface area contributed by atoms with Crippen LogP contribution in [-0.2, 0) is 15.8 Å². The average Bonchev–Trinajstić information content (AvgIpc) is 2.08. The predicted octanol–water partition coefficient (Wildman–Crippen LogP) is 0.380. The van der Waals surface area contributed by atoms with Gasteiger partial charge in [0, 0.05) is 0 Å². The molecule has 0 aromatic heterocycles. The predicted molar refractivity (Wildman–Crippen MR) is 51.2 cm³/mol. The highest BCUT2D eigenvalue weighted by molar-refractivity contribution is 7.88. The second-order valence-corrected chi connectivity index (χ2v) is 4.46. The van der Waals surface area contributed by atoms with Crippen LogP contribution in [0.5, 0.6) is 0 Å². The molecule has 4 nitrogen and oxygen atoms in total. The lowest BCUT2D eigenvalue weighted by Crippen LogP contribution is -2.35. The Kier molecular flexibility index (Phi) is 3.56. The van der Waals surface area contributed by atoms with Crippen LogP contribution in [0.15, 0.2) is 24.3 Å². The van der Waals surface area contributed by atoms with Gasteiger partial charge in [0.05, 0.1) is 5.75 Å². The van der Waals surface area contributed by atoms with Crippen molar-refractivity contribution in [3.8, 4) is 0 Å². The molecule has 14 heavy (non-hydrogen) atoms. The maximum Gasteiger partial charge on any atom is 0.228 e. The van der Waals surface area contributed by atoms with E-state index in [1.807, 2.05) is 0 Å². The van der Waals surface area contributed by atoms with Crippen LogP contribution in [0, 0.1) is 5.82 Å². The summed E-state index contributed by atoms with van der Waals surface area (Å²) in [6, 6.07) is 5.32. The van der Waals surface area contributed by atoms with Crippen LogP contribution in [0.4, 0.5) is 4.39 Å². The molecule has 0 atom stereocenters. The highest BCUT2D eigenvalue weighted by atomic mass is 32.2. The van der Waals surface area contributed by atoms with E-state index >= 15 is 0 Å². The van der Waals surface area contributed by atoms with Gasteiger partial charge in [0.15, 0.2) is 0 Å². The second-order valence-electron chi connectivity index (χ2n) is 2.74. The van der Waals surface area contributed by atoms with E-state index in [2.05, 4.69) is 10.3 Å². The van der Waals surface area contributed by atoms with E-state index < -0.39 is 10.0 Å². The van der Waals surface area contributed by atoms with E-state index in [-0.39, 0.29) is 11.6 Å². The number of hydrazine groups is 1. The first-order valence-corrected chi connectivity index (χ1v) is 5.59. The molecule has 0 saturated carbocycles. The number of nitrogens with one attached hydrogen (secondary N) is 2. The molecule has 0 aliphatic heterocycles. The SMILES string of the molecule is CNNS(=O)(=O)Cc1ccc(F)cc1.